The van der Waals surface area contributed by atoms with Gasteiger partial charge in [-0.15, -0.1) is 0 Å². The van der Waals surface area contributed by atoms with Gasteiger partial charge in [0.15, 0.2) is 11.6 Å². The van der Waals surface area contributed by atoms with Gasteiger partial charge in [-0.25, -0.2) is 14.8 Å². The molecule has 0 spiro atoms. The summed E-state index contributed by atoms with van der Waals surface area (Å²) in [5.41, 5.74) is 1.97. The number of aryl methyl sites for hydroxylation is 1. The number of aromatic nitrogens is 2. The van der Waals surface area contributed by atoms with Gasteiger partial charge in [0.2, 0.25) is 0 Å². The monoisotopic (exact) mass is 230 g/mol. The molecular weight excluding hydrogens is 220 g/mol. The molecule has 0 bridgehead atoms. The fourth-order valence-electron chi connectivity index (χ4n) is 1.43. The maximum absolute atomic E-state index is 10.3. The second-order valence-electron chi connectivity index (χ2n) is 3.43. The molecule has 0 amide bonds. The average Bonchev–Trinajstić information content (AvgIpc) is 2.30. The second-order valence-corrected chi connectivity index (χ2v) is 3.43. The van der Waals surface area contributed by atoms with Gasteiger partial charge < -0.3 is 9.84 Å². The van der Waals surface area contributed by atoms with Crippen LogP contribution in [0.5, 0.6) is 5.75 Å². The van der Waals surface area contributed by atoms with Crippen LogP contribution in [-0.2, 0) is 0 Å². The summed E-state index contributed by atoms with van der Waals surface area (Å²) in [5.74, 6) is 0.649. The molecule has 1 N–H and O–H groups in total. The molecule has 0 radical (unpaired) electrons. The summed E-state index contributed by atoms with van der Waals surface area (Å²) in [7, 11) is 0. The lowest BCUT2D eigenvalue weighted by molar-refractivity contribution is 0.144. The summed E-state index contributed by atoms with van der Waals surface area (Å²) < 4.78 is 4.43. The summed E-state index contributed by atoms with van der Waals surface area (Å²) >= 11 is 0. The molecule has 0 saturated heterocycles. The van der Waals surface area contributed by atoms with Crippen molar-refractivity contribution in [1.29, 1.82) is 0 Å². The Morgan fingerprint density at radius 3 is 2.47 bits per heavy atom. The largest absolute Gasteiger partial charge is 0.511 e. The van der Waals surface area contributed by atoms with Crippen molar-refractivity contribution in [2.45, 2.75) is 6.92 Å². The third kappa shape index (κ3) is 2.57. The van der Waals surface area contributed by atoms with Crippen molar-refractivity contribution in [3.05, 3.63) is 42.2 Å². The third-order valence-electron chi connectivity index (χ3n) is 2.22. The first kappa shape index (κ1) is 11.1. The van der Waals surface area contributed by atoms with Gasteiger partial charge >= 0.3 is 6.16 Å². The lowest BCUT2D eigenvalue weighted by Crippen LogP contribution is -2.04. The fraction of sp³-hybridized carbons (Fsp3) is 0.0833. The highest BCUT2D eigenvalue weighted by atomic mass is 16.7. The molecule has 0 fully saturated rings. The Morgan fingerprint density at radius 1 is 1.24 bits per heavy atom. The van der Waals surface area contributed by atoms with Crippen LogP contribution in [0, 0.1) is 6.92 Å². The first-order valence-corrected chi connectivity index (χ1v) is 4.95. The Labute approximate surface area is 97.7 Å². The van der Waals surface area contributed by atoms with E-state index in [9.17, 15) is 4.79 Å². The molecule has 2 rings (SSSR count). The number of rotatable bonds is 2. The van der Waals surface area contributed by atoms with Crippen molar-refractivity contribution in [3.63, 3.8) is 0 Å². The van der Waals surface area contributed by atoms with E-state index in [-0.39, 0.29) is 5.75 Å². The van der Waals surface area contributed by atoms with E-state index in [1.807, 2.05) is 31.2 Å². The molecule has 0 atom stereocenters. The van der Waals surface area contributed by atoms with Crippen LogP contribution >= 0.6 is 0 Å². The van der Waals surface area contributed by atoms with E-state index in [1.165, 1.54) is 12.4 Å². The van der Waals surface area contributed by atoms with Gasteiger partial charge in [-0.05, 0) is 12.5 Å². The number of hydrogen-bond donors (Lipinski definition) is 1. The number of carbonyl (C=O) groups is 1. The van der Waals surface area contributed by atoms with Gasteiger partial charge in [0.25, 0.3) is 0 Å². The van der Waals surface area contributed by atoms with Crippen molar-refractivity contribution in [2.75, 3.05) is 0 Å². The molecule has 86 valence electrons. The Morgan fingerprint density at radius 2 is 1.88 bits per heavy atom. The molecule has 0 aliphatic rings. The van der Waals surface area contributed by atoms with Crippen LogP contribution in [0.1, 0.15) is 5.56 Å². The highest BCUT2D eigenvalue weighted by molar-refractivity contribution is 5.62. The zero-order chi connectivity index (χ0) is 12.3. The van der Waals surface area contributed by atoms with E-state index in [0.29, 0.717) is 5.82 Å². The van der Waals surface area contributed by atoms with Crippen LogP contribution in [0.25, 0.3) is 11.4 Å². The first-order chi connectivity index (χ1) is 8.16. The number of hydrogen-bond acceptors (Lipinski definition) is 4. The normalized spacial score (nSPS) is 9.94. The maximum Gasteiger partial charge on any atom is 0.511 e. The van der Waals surface area contributed by atoms with Crippen LogP contribution in [-0.4, -0.2) is 21.2 Å². The molecule has 1 aromatic carbocycles. The van der Waals surface area contributed by atoms with Crippen molar-refractivity contribution >= 4 is 6.16 Å². The second kappa shape index (κ2) is 4.61. The van der Waals surface area contributed by atoms with Crippen molar-refractivity contribution in [2.24, 2.45) is 0 Å². The van der Waals surface area contributed by atoms with Crippen molar-refractivity contribution in [1.82, 2.24) is 9.97 Å². The highest BCUT2D eigenvalue weighted by Crippen LogP contribution is 2.19. The number of carboxylic acid groups (broad SMARTS) is 1. The summed E-state index contributed by atoms with van der Waals surface area (Å²) in [4.78, 5) is 18.4. The molecule has 2 aromatic rings. The maximum atomic E-state index is 10.3. The van der Waals surface area contributed by atoms with Crippen LogP contribution < -0.4 is 4.74 Å². The summed E-state index contributed by atoms with van der Waals surface area (Å²) in [6, 6.07) is 7.69. The van der Waals surface area contributed by atoms with Gasteiger partial charge in [-0.1, -0.05) is 24.3 Å². The SMILES string of the molecule is Cc1ccccc1-c1ncc(OC(=O)O)cn1. The smallest absolute Gasteiger partial charge is 0.449 e. The molecule has 0 aliphatic carbocycles. The van der Waals surface area contributed by atoms with E-state index in [4.69, 9.17) is 5.11 Å². The zero-order valence-corrected chi connectivity index (χ0v) is 9.12. The lowest BCUT2D eigenvalue weighted by Gasteiger charge is -2.04. The Hall–Kier alpha value is -2.43. The van der Waals surface area contributed by atoms with Gasteiger partial charge in [0, 0.05) is 5.56 Å². The standard InChI is InChI=1S/C12H10N2O3/c1-8-4-2-3-5-10(8)11-13-6-9(7-14-11)17-12(15)16/h2-7H,1H3,(H,15,16). The van der Waals surface area contributed by atoms with Crippen molar-refractivity contribution < 1.29 is 14.6 Å². The molecule has 0 aliphatic heterocycles. The third-order valence-corrected chi connectivity index (χ3v) is 2.22. The van der Waals surface area contributed by atoms with Gasteiger partial charge in [0.1, 0.15) is 0 Å². The average molecular weight is 230 g/mol. The molecule has 0 saturated carbocycles. The molecule has 0 unspecified atom stereocenters. The quantitative estimate of drug-likeness (QED) is 0.802. The number of benzene rings is 1. The molecular formula is C12H10N2O3. The topological polar surface area (TPSA) is 72.3 Å². The van der Waals surface area contributed by atoms with Crippen LogP contribution in [0.2, 0.25) is 0 Å². The van der Waals surface area contributed by atoms with Crippen LogP contribution in [0.4, 0.5) is 4.79 Å². The number of ether oxygens (including phenoxy) is 1. The lowest BCUT2D eigenvalue weighted by atomic mass is 10.1. The summed E-state index contributed by atoms with van der Waals surface area (Å²) in [6.45, 7) is 1.96. The fourth-order valence-corrected chi connectivity index (χ4v) is 1.43. The Balaban J connectivity index is 2.30. The van der Waals surface area contributed by atoms with E-state index in [1.54, 1.807) is 0 Å². The van der Waals surface area contributed by atoms with E-state index < -0.39 is 6.16 Å². The number of nitrogens with zero attached hydrogens (tertiary/aromatic N) is 2. The van der Waals surface area contributed by atoms with Gasteiger partial charge in [0.05, 0.1) is 12.4 Å². The molecule has 17 heavy (non-hydrogen) atoms. The Kier molecular flexibility index (Phi) is 3.00. The van der Waals surface area contributed by atoms with E-state index in [0.717, 1.165) is 11.1 Å². The van der Waals surface area contributed by atoms with Gasteiger partial charge in [-0.3, -0.25) is 0 Å². The first-order valence-electron chi connectivity index (χ1n) is 4.95. The minimum Gasteiger partial charge on any atom is -0.449 e. The minimum atomic E-state index is -1.38. The summed E-state index contributed by atoms with van der Waals surface area (Å²) in [6.07, 6.45) is 1.29. The van der Waals surface area contributed by atoms with Crippen LogP contribution in [0.3, 0.4) is 0 Å². The predicted molar refractivity (Wildman–Crippen MR) is 60.9 cm³/mol. The van der Waals surface area contributed by atoms with Crippen LogP contribution in [0.15, 0.2) is 36.7 Å². The molecule has 1 heterocycles. The molecule has 5 nitrogen and oxygen atoms in total. The zero-order valence-electron chi connectivity index (χ0n) is 9.12. The highest BCUT2D eigenvalue weighted by Gasteiger charge is 2.06. The van der Waals surface area contributed by atoms with Gasteiger partial charge in [-0.2, -0.15) is 0 Å². The molecule has 1 aromatic heterocycles. The van der Waals surface area contributed by atoms with E-state index >= 15 is 0 Å². The van der Waals surface area contributed by atoms with Crippen molar-refractivity contribution in [3.8, 4) is 17.1 Å². The minimum absolute atomic E-state index is 0.106. The molecule has 5 heteroatoms. The predicted octanol–water partition coefficient (Wildman–Crippen LogP) is 2.51. The van der Waals surface area contributed by atoms with E-state index in [2.05, 4.69) is 14.7 Å². The summed E-state index contributed by atoms with van der Waals surface area (Å²) in [5, 5.41) is 8.42. The Bertz CT molecular complexity index is 538.